The zero-order valence-electron chi connectivity index (χ0n) is 15.8. The standard InChI is InChI=1S/C20H17ClN4O3S2/c21-14-2-3-15-17(11-14)30(27,28)12-13-10-16(29-18(13)15)19(26)24-6-8-25(9-7-24)20-22-4-1-5-23-20/h1-5,10-11H,6-9,12H2. The van der Waals surface area contributed by atoms with Gasteiger partial charge in [0, 0.05) is 54.0 Å². The first-order valence-electron chi connectivity index (χ1n) is 9.39. The molecule has 2 aliphatic rings. The molecular weight excluding hydrogens is 444 g/mol. The maximum atomic E-state index is 13.1. The molecule has 0 radical (unpaired) electrons. The number of carbonyl (C=O) groups excluding carboxylic acids is 1. The number of carbonyl (C=O) groups is 1. The fraction of sp³-hybridized carbons (Fsp3) is 0.250. The number of anilines is 1. The summed E-state index contributed by atoms with van der Waals surface area (Å²) in [6.45, 7) is 2.42. The number of hydrogen-bond acceptors (Lipinski definition) is 7. The summed E-state index contributed by atoms with van der Waals surface area (Å²) < 4.78 is 25.3. The van der Waals surface area contributed by atoms with Gasteiger partial charge in [-0.1, -0.05) is 17.7 Å². The summed E-state index contributed by atoms with van der Waals surface area (Å²) in [6.07, 6.45) is 3.41. The van der Waals surface area contributed by atoms with E-state index < -0.39 is 9.84 Å². The first-order valence-corrected chi connectivity index (χ1v) is 12.2. The Kier molecular flexibility index (Phi) is 4.76. The van der Waals surface area contributed by atoms with Crippen molar-refractivity contribution < 1.29 is 13.2 Å². The average molecular weight is 461 g/mol. The summed E-state index contributed by atoms with van der Waals surface area (Å²) in [5.41, 5.74) is 1.30. The summed E-state index contributed by atoms with van der Waals surface area (Å²) >= 11 is 7.36. The predicted molar refractivity (Wildman–Crippen MR) is 116 cm³/mol. The third kappa shape index (κ3) is 3.36. The van der Waals surface area contributed by atoms with Gasteiger partial charge in [-0.05, 0) is 29.8 Å². The Balaban J connectivity index is 1.39. The van der Waals surface area contributed by atoms with E-state index in [9.17, 15) is 13.2 Å². The van der Waals surface area contributed by atoms with Gasteiger partial charge in [0.15, 0.2) is 9.84 Å². The van der Waals surface area contributed by atoms with Crippen molar-refractivity contribution in [2.75, 3.05) is 31.1 Å². The van der Waals surface area contributed by atoms with E-state index >= 15 is 0 Å². The van der Waals surface area contributed by atoms with Crippen LogP contribution in [0.15, 0.2) is 47.6 Å². The summed E-state index contributed by atoms with van der Waals surface area (Å²) in [5, 5.41) is 0.383. The van der Waals surface area contributed by atoms with E-state index in [-0.39, 0.29) is 16.6 Å². The van der Waals surface area contributed by atoms with Gasteiger partial charge in [0.2, 0.25) is 5.95 Å². The van der Waals surface area contributed by atoms with Gasteiger partial charge in [0.1, 0.15) is 0 Å². The van der Waals surface area contributed by atoms with Gasteiger partial charge in [-0.2, -0.15) is 0 Å². The molecule has 1 aromatic carbocycles. The molecule has 0 aliphatic carbocycles. The summed E-state index contributed by atoms with van der Waals surface area (Å²) in [5.74, 6) is 0.478. The van der Waals surface area contributed by atoms with Crippen molar-refractivity contribution >= 4 is 44.6 Å². The predicted octanol–water partition coefficient (Wildman–Crippen LogP) is 3.11. The number of fused-ring (bicyclic) bond motifs is 3. The van der Waals surface area contributed by atoms with E-state index in [4.69, 9.17) is 11.6 Å². The molecule has 10 heteroatoms. The van der Waals surface area contributed by atoms with Crippen LogP contribution >= 0.6 is 22.9 Å². The van der Waals surface area contributed by atoms with Crippen molar-refractivity contribution in [2.24, 2.45) is 0 Å². The van der Waals surface area contributed by atoms with Crippen molar-refractivity contribution in [1.82, 2.24) is 14.9 Å². The van der Waals surface area contributed by atoms with E-state index in [1.807, 2.05) is 0 Å². The van der Waals surface area contributed by atoms with Crippen molar-refractivity contribution in [3.05, 3.63) is 58.2 Å². The van der Waals surface area contributed by atoms with Gasteiger partial charge in [0.25, 0.3) is 5.91 Å². The summed E-state index contributed by atoms with van der Waals surface area (Å²) in [6, 6.07) is 8.38. The van der Waals surface area contributed by atoms with Gasteiger partial charge >= 0.3 is 0 Å². The second-order valence-electron chi connectivity index (χ2n) is 7.19. The van der Waals surface area contributed by atoms with E-state index in [1.54, 1.807) is 41.6 Å². The number of piperazine rings is 1. The van der Waals surface area contributed by atoms with Crippen LogP contribution in [0.25, 0.3) is 10.4 Å². The zero-order valence-corrected chi connectivity index (χ0v) is 18.2. The van der Waals surface area contributed by atoms with Gasteiger partial charge in [-0.25, -0.2) is 18.4 Å². The minimum Gasteiger partial charge on any atom is -0.337 e. The van der Waals surface area contributed by atoms with Crippen molar-refractivity contribution in [1.29, 1.82) is 0 Å². The quantitative estimate of drug-likeness (QED) is 0.584. The number of rotatable bonds is 2. The van der Waals surface area contributed by atoms with E-state index in [0.29, 0.717) is 53.2 Å². The monoisotopic (exact) mass is 460 g/mol. The highest BCUT2D eigenvalue weighted by molar-refractivity contribution is 7.91. The zero-order chi connectivity index (χ0) is 20.9. The second kappa shape index (κ2) is 7.33. The molecule has 1 fully saturated rings. The molecule has 2 aliphatic heterocycles. The number of sulfone groups is 1. The molecule has 0 unspecified atom stereocenters. The lowest BCUT2D eigenvalue weighted by atomic mass is 10.1. The van der Waals surface area contributed by atoms with Crippen LogP contribution in [0.2, 0.25) is 5.02 Å². The number of amides is 1. The Morgan fingerprint density at radius 2 is 1.80 bits per heavy atom. The highest BCUT2D eigenvalue weighted by Gasteiger charge is 2.32. The van der Waals surface area contributed by atoms with Crippen LogP contribution in [0.4, 0.5) is 5.95 Å². The lowest BCUT2D eigenvalue weighted by molar-refractivity contribution is 0.0751. The Bertz CT molecular complexity index is 1240. The number of nitrogens with zero attached hydrogens (tertiary/aromatic N) is 4. The summed E-state index contributed by atoms with van der Waals surface area (Å²) in [7, 11) is -3.48. The largest absolute Gasteiger partial charge is 0.337 e. The Labute approximate surface area is 182 Å². The van der Waals surface area contributed by atoms with Gasteiger partial charge in [-0.3, -0.25) is 4.79 Å². The topological polar surface area (TPSA) is 83.5 Å². The van der Waals surface area contributed by atoms with Gasteiger partial charge < -0.3 is 9.80 Å². The molecule has 30 heavy (non-hydrogen) atoms. The lowest BCUT2D eigenvalue weighted by Crippen LogP contribution is -2.49. The van der Waals surface area contributed by atoms with Gasteiger partial charge in [0.05, 0.1) is 15.5 Å². The Morgan fingerprint density at radius 3 is 2.53 bits per heavy atom. The number of thiophene rings is 1. The Morgan fingerprint density at radius 1 is 1.07 bits per heavy atom. The smallest absolute Gasteiger partial charge is 0.264 e. The average Bonchev–Trinajstić information content (AvgIpc) is 3.17. The van der Waals surface area contributed by atoms with Crippen LogP contribution in [0.5, 0.6) is 0 Å². The molecule has 7 nitrogen and oxygen atoms in total. The normalized spacial score (nSPS) is 17.4. The SMILES string of the molecule is O=C(c1cc2c(s1)-c1ccc(Cl)cc1S(=O)(=O)C2)N1CCN(c2ncccn2)CC1. The van der Waals surface area contributed by atoms with E-state index in [0.717, 1.165) is 4.88 Å². The molecule has 0 saturated carbocycles. The fourth-order valence-electron chi connectivity index (χ4n) is 3.81. The van der Waals surface area contributed by atoms with Crippen LogP contribution in [0.1, 0.15) is 15.2 Å². The highest BCUT2D eigenvalue weighted by atomic mass is 35.5. The number of halogens is 1. The molecule has 1 amide bonds. The van der Waals surface area contributed by atoms with Crippen LogP contribution in [-0.2, 0) is 15.6 Å². The van der Waals surface area contributed by atoms with Crippen LogP contribution in [0, 0.1) is 0 Å². The van der Waals surface area contributed by atoms with Crippen LogP contribution in [0.3, 0.4) is 0 Å². The van der Waals surface area contributed by atoms with Crippen LogP contribution < -0.4 is 4.90 Å². The minimum atomic E-state index is -3.48. The number of hydrogen-bond donors (Lipinski definition) is 0. The number of aromatic nitrogens is 2. The first kappa shape index (κ1) is 19.5. The second-order valence-corrected chi connectivity index (χ2v) is 10.6. The third-order valence-electron chi connectivity index (χ3n) is 5.29. The Hall–Kier alpha value is -2.49. The highest BCUT2D eigenvalue weighted by Crippen LogP contribution is 2.43. The minimum absolute atomic E-state index is 0.0732. The van der Waals surface area contributed by atoms with E-state index in [1.165, 1.54) is 17.4 Å². The first-order chi connectivity index (χ1) is 14.4. The van der Waals surface area contributed by atoms with E-state index in [2.05, 4.69) is 14.9 Å². The molecule has 0 N–H and O–H groups in total. The third-order valence-corrected chi connectivity index (χ3v) is 8.42. The fourth-order valence-corrected chi connectivity index (χ4v) is 7.00. The maximum absolute atomic E-state index is 13.1. The molecule has 1 saturated heterocycles. The van der Waals surface area contributed by atoms with Crippen molar-refractivity contribution in [2.45, 2.75) is 10.6 Å². The van der Waals surface area contributed by atoms with Crippen molar-refractivity contribution in [3.63, 3.8) is 0 Å². The summed E-state index contributed by atoms with van der Waals surface area (Å²) in [4.78, 5) is 27.1. The molecular formula is C20H17ClN4O3S2. The van der Waals surface area contributed by atoms with Gasteiger partial charge in [-0.15, -0.1) is 11.3 Å². The molecule has 3 aromatic rings. The molecule has 154 valence electrons. The maximum Gasteiger partial charge on any atom is 0.264 e. The van der Waals surface area contributed by atoms with Crippen molar-refractivity contribution in [3.8, 4) is 10.4 Å². The number of benzene rings is 1. The lowest BCUT2D eigenvalue weighted by Gasteiger charge is -2.34. The van der Waals surface area contributed by atoms with Crippen LogP contribution in [-0.4, -0.2) is 55.4 Å². The molecule has 5 rings (SSSR count). The molecule has 2 aromatic heterocycles. The molecule has 0 atom stereocenters. The molecule has 0 bridgehead atoms. The molecule has 0 spiro atoms. The molecule has 4 heterocycles.